The Bertz CT molecular complexity index is 1280. The number of aryl methyl sites for hydroxylation is 1. The third-order valence-electron chi connectivity index (χ3n) is 5.27. The van der Waals surface area contributed by atoms with Gasteiger partial charge in [-0.1, -0.05) is 36.4 Å². The van der Waals surface area contributed by atoms with Gasteiger partial charge >= 0.3 is 5.97 Å². The van der Waals surface area contributed by atoms with Gasteiger partial charge in [0.05, 0.1) is 23.0 Å². The molecule has 1 aliphatic heterocycles. The number of hydrogen-bond donors (Lipinski definition) is 1. The van der Waals surface area contributed by atoms with Crippen molar-refractivity contribution >= 4 is 28.6 Å². The Morgan fingerprint density at radius 2 is 1.83 bits per heavy atom. The molecule has 30 heavy (non-hydrogen) atoms. The van der Waals surface area contributed by atoms with Gasteiger partial charge < -0.3 is 10.1 Å². The number of rotatable bonds is 4. The number of ether oxygens (including phenoxy) is 1. The number of para-hydroxylation sites is 1. The Labute approximate surface area is 173 Å². The fourth-order valence-electron chi connectivity index (χ4n) is 3.93. The van der Waals surface area contributed by atoms with Crippen LogP contribution in [0.25, 0.3) is 16.7 Å². The van der Waals surface area contributed by atoms with Crippen molar-refractivity contribution in [2.24, 2.45) is 0 Å². The van der Waals surface area contributed by atoms with E-state index < -0.39 is 6.10 Å². The first-order chi connectivity index (χ1) is 14.6. The molecular weight excluding hydrogens is 378 g/mol. The van der Waals surface area contributed by atoms with Gasteiger partial charge in [0.2, 0.25) is 5.91 Å². The molecule has 0 spiro atoms. The van der Waals surface area contributed by atoms with Crippen LogP contribution in [0.15, 0.2) is 72.8 Å². The number of esters is 1. The molecule has 1 amide bonds. The molecule has 1 N–H and O–H groups in total. The summed E-state index contributed by atoms with van der Waals surface area (Å²) in [6, 6.07) is 22.8. The van der Waals surface area contributed by atoms with Crippen LogP contribution >= 0.6 is 0 Å². The highest BCUT2D eigenvalue weighted by Gasteiger charge is 2.32. The fraction of sp³-hybridized carbons (Fsp3) is 0.125. The van der Waals surface area contributed by atoms with Crippen molar-refractivity contribution in [2.45, 2.75) is 19.4 Å². The molecule has 0 saturated carbocycles. The molecule has 6 nitrogen and oxygen atoms in total. The Hall–Kier alpha value is -3.93. The average molecular weight is 397 g/mol. The van der Waals surface area contributed by atoms with Gasteiger partial charge in [0.15, 0.2) is 0 Å². The van der Waals surface area contributed by atoms with Crippen LogP contribution in [0.5, 0.6) is 0 Å². The maximum absolute atomic E-state index is 12.6. The van der Waals surface area contributed by atoms with Crippen LogP contribution in [0.3, 0.4) is 0 Å². The van der Waals surface area contributed by atoms with Crippen molar-refractivity contribution in [1.29, 1.82) is 0 Å². The number of carbonyl (C=O) groups is 2. The van der Waals surface area contributed by atoms with Gasteiger partial charge in [-0.15, -0.1) is 0 Å². The highest BCUT2D eigenvalue weighted by molar-refractivity contribution is 5.97. The van der Waals surface area contributed by atoms with E-state index in [-0.39, 0.29) is 18.3 Å². The molecule has 2 heterocycles. The zero-order valence-electron chi connectivity index (χ0n) is 16.3. The number of amides is 1. The smallest absolute Gasteiger partial charge is 0.339 e. The second kappa shape index (κ2) is 7.15. The van der Waals surface area contributed by atoms with Crippen LogP contribution in [0.2, 0.25) is 0 Å². The topological polar surface area (TPSA) is 73.2 Å². The minimum absolute atomic E-state index is 0.0677. The molecule has 1 unspecified atom stereocenters. The minimum Gasteiger partial charge on any atom is -0.453 e. The number of cyclic esters (lactones) is 1. The summed E-state index contributed by atoms with van der Waals surface area (Å²) in [7, 11) is 0. The number of hydrogen-bond acceptors (Lipinski definition) is 4. The van der Waals surface area contributed by atoms with E-state index in [9.17, 15) is 9.59 Å². The summed E-state index contributed by atoms with van der Waals surface area (Å²) < 4.78 is 7.44. The molecular formula is C24H19N3O3. The molecule has 3 aromatic carbocycles. The summed E-state index contributed by atoms with van der Waals surface area (Å²) in [6.45, 7) is 1.96. The first-order valence-corrected chi connectivity index (χ1v) is 9.74. The summed E-state index contributed by atoms with van der Waals surface area (Å²) in [6.07, 6.45) is -0.491. The lowest BCUT2D eigenvalue weighted by atomic mass is 10.0. The third-order valence-corrected chi connectivity index (χ3v) is 5.27. The molecule has 1 aromatic heterocycles. The lowest BCUT2D eigenvalue weighted by Gasteiger charge is -2.11. The number of nitrogens with zero attached hydrogens (tertiary/aromatic N) is 2. The lowest BCUT2D eigenvalue weighted by molar-refractivity contribution is -0.118. The summed E-state index contributed by atoms with van der Waals surface area (Å²) in [4.78, 5) is 29.2. The first-order valence-electron chi connectivity index (χ1n) is 9.74. The van der Waals surface area contributed by atoms with Crippen molar-refractivity contribution in [3.05, 3.63) is 89.7 Å². The molecule has 1 atom stereocenters. The van der Waals surface area contributed by atoms with E-state index in [2.05, 4.69) is 14.9 Å². The summed E-state index contributed by atoms with van der Waals surface area (Å²) >= 11 is 0. The number of fused-ring (bicyclic) bond motifs is 2. The van der Waals surface area contributed by atoms with Crippen LogP contribution in [0.1, 0.15) is 34.3 Å². The highest BCUT2D eigenvalue weighted by atomic mass is 16.5. The van der Waals surface area contributed by atoms with Gasteiger partial charge in [-0.25, -0.2) is 9.78 Å². The molecule has 0 fully saturated rings. The quantitative estimate of drug-likeness (QED) is 0.512. The molecule has 5 rings (SSSR count). The molecule has 6 heteroatoms. The van der Waals surface area contributed by atoms with Crippen molar-refractivity contribution in [1.82, 2.24) is 9.55 Å². The van der Waals surface area contributed by atoms with Crippen molar-refractivity contribution in [3.8, 4) is 5.69 Å². The summed E-state index contributed by atoms with van der Waals surface area (Å²) in [5.74, 6) is 0.268. The Morgan fingerprint density at radius 3 is 2.67 bits per heavy atom. The van der Waals surface area contributed by atoms with E-state index in [0.717, 1.165) is 28.1 Å². The van der Waals surface area contributed by atoms with Crippen LogP contribution in [0, 0.1) is 6.92 Å². The van der Waals surface area contributed by atoms with Crippen LogP contribution in [0.4, 0.5) is 5.69 Å². The molecule has 0 bridgehead atoms. The standard InChI is InChI=1S/C24H19N3O3/c1-15-25-20-13-16(11-12-21(20)27(15)17-7-3-2-4-8-17)26-23(28)14-22-18-9-5-6-10-19(18)24(29)30-22/h2-13,22H,14H2,1H3,(H,26,28). The summed E-state index contributed by atoms with van der Waals surface area (Å²) in [5, 5.41) is 2.90. The number of aromatic nitrogens is 2. The van der Waals surface area contributed by atoms with Crippen LogP contribution in [-0.2, 0) is 9.53 Å². The third kappa shape index (κ3) is 3.12. The van der Waals surface area contributed by atoms with Crippen molar-refractivity contribution in [3.63, 3.8) is 0 Å². The number of nitrogens with one attached hydrogen (secondary N) is 1. The second-order valence-corrected chi connectivity index (χ2v) is 7.27. The van der Waals surface area contributed by atoms with E-state index in [1.165, 1.54) is 0 Å². The SMILES string of the molecule is Cc1nc2cc(NC(=O)CC3OC(=O)c4ccccc43)ccc2n1-c1ccccc1. The zero-order chi connectivity index (χ0) is 20.7. The lowest BCUT2D eigenvalue weighted by Crippen LogP contribution is -2.15. The van der Waals surface area contributed by atoms with Crippen LogP contribution < -0.4 is 5.32 Å². The monoisotopic (exact) mass is 397 g/mol. The zero-order valence-corrected chi connectivity index (χ0v) is 16.3. The predicted octanol–water partition coefficient (Wildman–Crippen LogP) is 4.57. The van der Waals surface area contributed by atoms with Crippen LogP contribution in [-0.4, -0.2) is 21.4 Å². The van der Waals surface area contributed by atoms with E-state index >= 15 is 0 Å². The van der Waals surface area contributed by atoms with E-state index in [1.54, 1.807) is 12.1 Å². The average Bonchev–Trinajstić information content (AvgIpc) is 3.24. The first kappa shape index (κ1) is 18.1. The highest BCUT2D eigenvalue weighted by Crippen LogP contribution is 2.33. The van der Waals surface area contributed by atoms with Gasteiger partial charge in [-0.3, -0.25) is 9.36 Å². The second-order valence-electron chi connectivity index (χ2n) is 7.27. The molecule has 0 radical (unpaired) electrons. The predicted molar refractivity (Wildman–Crippen MR) is 114 cm³/mol. The molecule has 148 valence electrons. The maximum atomic E-state index is 12.6. The van der Waals surface area contributed by atoms with Crippen molar-refractivity contribution in [2.75, 3.05) is 5.32 Å². The number of imidazole rings is 1. The van der Waals surface area contributed by atoms with Gasteiger partial charge in [-0.05, 0) is 43.3 Å². The van der Waals surface area contributed by atoms with E-state index in [1.807, 2.05) is 67.6 Å². The number of carbonyl (C=O) groups excluding carboxylic acids is 2. The number of benzene rings is 3. The minimum atomic E-state index is -0.558. The Balaban J connectivity index is 1.36. The van der Waals surface area contributed by atoms with Gasteiger partial charge in [0, 0.05) is 16.9 Å². The molecule has 0 aliphatic carbocycles. The number of anilines is 1. The Morgan fingerprint density at radius 1 is 1.07 bits per heavy atom. The van der Waals surface area contributed by atoms with Gasteiger partial charge in [0.25, 0.3) is 0 Å². The fourth-order valence-corrected chi connectivity index (χ4v) is 3.93. The van der Waals surface area contributed by atoms with Crippen molar-refractivity contribution < 1.29 is 14.3 Å². The molecule has 4 aromatic rings. The Kier molecular flexibility index (Phi) is 4.32. The normalized spacial score (nSPS) is 15.1. The van der Waals surface area contributed by atoms with E-state index in [4.69, 9.17) is 4.74 Å². The van der Waals surface area contributed by atoms with Gasteiger partial charge in [-0.2, -0.15) is 0 Å². The van der Waals surface area contributed by atoms with Gasteiger partial charge in [0.1, 0.15) is 11.9 Å². The molecule has 1 aliphatic rings. The largest absolute Gasteiger partial charge is 0.453 e. The maximum Gasteiger partial charge on any atom is 0.339 e. The molecule has 0 saturated heterocycles. The summed E-state index contributed by atoms with van der Waals surface area (Å²) in [5.41, 5.74) is 4.74. The van der Waals surface area contributed by atoms with E-state index in [0.29, 0.717) is 11.3 Å².